The summed E-state index contributed by atoms with van der Waals surface area (Å²) in [5.74, 6) is -0.671. The third kappa shape index (κ3) is 2.47. The van der Waals surface area contributed by atoms with Crippen molar-refractivity contribution in [1.82, 2.24) is 0 Å². The van der Waals surface area contributed by atoms with E-state index in [4.69, 9.17) is 15.6 Å². The maximum absolute atomic E-state index is 12.2. The van der Waals surface area contributed by atoms with Gasteiger partial charge in [-0.15, -0.1) is 0 Å². The SMILES string of the molecule is CC1Oc2ccc(N)cc2N(C(C)CC(=O)O)C1=O. The lowest BCUT2D eigenvalue weighted by atomic mass is 10.1. The van der Waals surface area contributed by atoms with E-state index in [1.165, 1.54) is 4.90 Å². The standard InChI is InChI=1S/C13H16N2O4/c1-7(5-12(16)17)15-10-6-9(14)3-4-11(10)19-8(2)13(15)18/h3-4,6-8H,5,14H2,1-2H3,(H,16,17). The lowest BCUT2D eigenvalue weighted by Crippen LogP contribution is -2.49. The molecule has 2 unspecified atom stereocenters. The number of ether oxygens (including phenoxy) is 1. The number of nitrogens with two attached hydrogens (primary N) is 1. The van der Waals surface area contributed by atoms with Crippen LogP contribution in [0.5, 0.6) is 5.75 Å². The Morgan fingerprint density at radius 2 is 2.26 bits per heavy atom. The van der Waals surface area contributed by atoms with E-state index in [1.807, 2.05) is 0 Å². The monoisotopic (exact) mass is 264 g/mol. The second kappa shape index (κ2) is 4.79. The molecule has 3 N–H and O–H groups in total. The number of carboxylic acids is 1. The molecule has 1 heterocycles. The molecule has 1 aliphatic heterocycles. The minimum absolute atomic E-state index is 0.132. The number of hydrogen-bond donors (Lipinski definition) is 2. The summed E-state index contributed by atoms with van der Waals surface area (Å²) in [7, 11) is 0. The summed E-state index contributed by atoms with van der Waals surface area (Å²) < 4.78 is 5.49. The molecule has 1 aliphatic rings. The topological polar surface area (TPSA) is 92.9 Å². The van der Waals surface area contributed by atoms with E-state index in [2.05, 4.69) is 0 Å². The Bertz CT molecular complexity index is 529. The summed E-state index contributed by atoms with van der Waals surface area (Å²) in [5.41, 5.74) is 6.74. The van der Waals surface area contributed by atoms with Crippen LogP contribution in [-0.4, -0.2) is 29.1 Å². The maximum atomic E-state index is 12.2. The third-order valence-corrected chi connectivity index (χ3v) is 3.04. The molecule has 0 radical (unpaired) electrons. The molecule has 0 fully saturated rings. The van der Waals surface area contributed by atoms with Crippen LogP contribution in [-0.2, 0) is 9.59 Å². The number of carbonyl (C=O) groups is 2. The molecular weight excluding hydrogens is 248 g/mol. The number of rotatable bonds is 3. The molecule has 6 heteroatoms. The van der Waals surface area contributed by atoms with Crippen LogP contribution in [0.15, 0.2) is 18.2 Å². The number of hydrogen-bond acceptors (Lipinski definition) is 4. The summed E-state index contributed by atoms with van der Waals surface area (Å²) in [4.78, 5) is 24.5. The van der Waals surface area contributed by atoms with Gasteiger partial charge in [-0.05, 0) is 32.0 Å². The highest BCUT2D eigenvalue weighted by Gasteiger charge is 2.35. The van der Waals surface area contributed by atoms with Gasteiger partial charge in [0.25, 0.3) is 5.91 Å². The van der Waals surface area contributed by atoms with E-state index in [0.717, 1.165) is 0 Å². The number of anilines is 2. The van der Waals surface area contributed by atoms with E-state index >= 15 is 0 Å². The largest absolute Gasteiger partial charge is 0.481 e. The molecule has 0 aliphatic carbocycles. The molecule has 0 saturated carbocycles. The molecule has 19 heavy (non-hydrogen) atoms. The number of benzene rings is 1. The van der Waals surface area contributed by atoms with Gasteiger partial charge in [0.15, 0.2) is 6.10 Å². The fraction of sp³-hybridized carbons (Fsp3) is 0.385. The van der Waals surface area contributed by atoms with Crippen LogP contribution in [0.4, 0.5) is 11.4 Å². The van der Waals surface area contributed by atoms with Crippen LogP contribution >= 0.6 is 0 Å². The Morgan fingerprint density at radius 1 is 1.58 bits per heavy atom. The first kappa shape index (κ1) is 13.2. The second-order valence-corrected chi connectivity index (χ2v) is 4.64. The highest BCUT2D eigenvalue weighted by atomic mass is 16.5. The van der Waals surface area contributed by atoms with E-state index < -0.39 is 18.1 Å². The van der Waals surface area contributed by atoms with Crippen molar-refractivity contribution in [2.24, 2.45) is 0 Å². The second-order valence-electron chi connectivity index (χ2n) is 4.64. The van der Waals surface area contributed by atoms with Crippen molar-refractivity contribution in [3.63, 3.8) is 0 Å². The van der Waals surface area contributed by atoms with E-state index in [0.29, 0.717) is 17.1 Å². The Kier molecular flexibility index (Phi) is 3.33. The van der Waals surface area contributed by atoms with Gasteiger partial charge >= 0.3 is 5.97 Å². The Labute approximate surface area is 110 Å². The van der Waals surface area contributed by atoms with Crippen molar-refractivity contribution < 1.29 is 19.4 Å². The van der Waals surface area contributed by atoms with Gasteiger partial charge in [0.2, 0.25) is 0 Å². The van der Waals surface area contributed by atoms with Crippen molar-refractivity contribution in [2.45, 2.75) is 32.4 Å². The average Bonchev–Trinajstić information content (AvgIpc) is 2.30. The molecule has 0 saturated heterocycles. The van der Waals surface area contributed by atoms with Crippen LogP contribution < -0.4 is 15.4 Å². The Balaban J connectivity index is 2.43. The lowest BCUT2D eigenvalue weighted by Gasteiger charge is -2.36. The third-order valence-electron chi connectivity index (χ3n) is 3.04. The molecule has 0 bridgehead atoms. The van der Waals surface area contributed by atoms with Crippen molar-refractivity contribution in [3.8, 4) is 5.75 Å². The number of carboxylic acid groups (broad SMARTS) is 1. The highest BCUT2D eigenvalue weighted by molar-refractivity contribution is 6.01. The van der Waals surface area contributed by atoms with Crippen molar-refractivity contribution in [3.05, 3.63) is 18.2 Å². The molecule has 1 aromatic carbocycles. The summed E-state index contributed by atoms with van der Waals surface area (Å²) >= 11 is 0. The summed E-state index contributed by atoms with van der Waals surface area (Å²) in [6.45, 7) is 3.33. The maximum Gasteiger partial charge on any atom is 0.305 e. The van der Waals surface area contributed by atoms with E-state index in [1.54, 1.807) is 32.0 Å². The number of fused-ring (bicyclic) bond motifs is 1. The number of nitrogens with zero attached hydrogens (tertiary/aromatic N) is 1. The van der Waals surface area contributed by atoms with Crippen LogP contribution in [0.25, 0.3) is 0 Å². The van der Waals surface area contributed by atoms with Crippen molar-refractivity contribution in [1.29, 1.82) is 0 Å². The minimum atomic E-state index is -0.954. The molecular formula is C13H16N2O4. The number of nitrogen functional groups attached to an aromatic ring is 1. The van der Waals surface area contributed by atoms with Crippen LogP contribution in [0.3, 0.4) is 0 Å². The zero-order valence-electron chi connectivity index (χ0n) is 10.8. The van der Waals surface area contributed by atoms with E-state index in [9.17, 15) is 9.59 Å². The summed E-state index contributed by atoms with van der Waals surface area (Å²) in [6.07, 6.45) is -0.764. The summed E-state index contributed by atoms with van der Waals surface area (Å²) in [5, 5.41) is 8.88. The number of aliphatic carboxylic acids is 1. The van der Waals surface area contributed by atoms with Crippen molar-refractivity contribution >= 4 is 23.3 Å². The molecule has 0 spiro atoms. The molecule has 2 rings (SSSR count). The Hall–Kier alpha value is -2.24. The van der Waals surface area contributed by atoms with Gasteiger partial charge in [-0.1, -0.05) is 0 Å². The van der Waals surface area contributed by atoms with Gasteiger partial charge in [-0.25, -0.2) is 0 Å². The lowest BCUT2D eigenvalue weighted by molar-refractivity contribution is -0.137. The molecule has 1 aromatic rings. The first-order chi connectivity index (χ1) is 8.90. The van der Waals surface area contributed by atoms with Gasteiger partial charge in [0.05, 0.1) is 12.1 Å². The van der Waals surface area contributed by atoms with E-state index in [-0.39, 0.29) is 12.3 Å². The van der Waals surface area contributed by atoms with Gasteiger partial charge < -0.3 is 20.5 Å². The van der Waals surface area contributed by atoms with Crippen molar-refractivity contribution in [2.75, 3.05) is 10.6 Å². The van der Waals surface area contributed by atoms with Gasteiger partial charge in [0.1, 0.15) is 5.75 Å². The zero-order chi connectivity index (χ0) is 14.2. The van der Waals surface area contributed by atoms with Gasteiger partial charge in [0, 0.05) is 11.7 Å². The quantitative estimate of drug-likeness (QED) is 0.801. The molecule has 1 amide bonds. The normalized spacial score (nSPS) is 19.6. The van der Waals surface area contributed by atoms with Crippen LogP contribution in [0.1, 0.15) is 20.3 Å². The zero-order valence-corrected chi connectivity index (χ0v) is 10.8. The molecule has 0 aromatic heterocycles. The smallest absolute Gasteiger partial charge is 0.305 e. The summed E-state index contributed by atoms with van der Waals surface area (Å²) in [6, 6.07) is 4.53. The molecule has 6 nitrogen and oxygen atoms in total. The molecule has 2 atom stereocenters. The minimum Gasteiger partial charge on any atom is -0.481 e. The fourth-order valence-electron chi connectivity index (χ4n) is 2.18. The first-order valence-corrected chi connectivity index (χ1v) is 6.01. The van der Waals surface area contributed by atoms with Gasteiger partial charge in [-0.3, -0.25) is 9.59 Å². The fourth-order valence-corrected chi connectivity index (χ4v) is 2.18. The van der Waals surface area contributed by atoms with Crippen LogP contribution in [0.2, 0.25) is 0 Å². The highest BCUT2D eigenvalue weighted by Crippen LogP contribution is 2.37. The average molecular weight is 264 g/mol. The predicted molar refractivity (Wildman–Crippen MR) is 70.1 cm³/mol. The Morgan fingerprint density at radius 3 is 2.89 bits per heavy atom. The molecule has 102 valence electrons. The number of amides is 1. The first-order valence-electron chi connectivity index (χ1n) is 6.01. The predicted octanol–water partition coefficient (Wildman–Crippen LogP) is 1.25. The van der Waals surface area contributed by atoms with Crippen LogP contribution in [0, 0.1) is 0 Å². The number of carbonyl (C=O) groups excluding carboxylic acids is 1. The van der Waals surface area contributed by atoms with Gasteiger partial charge in [-0.2, -0.15) is 0 Å².